The average molecular weight is 276 g/mol. The second-order valence-electron chi connectivity index (χ2n) is 4.21. The standard InChI is InChI=1S/C12H19F3N4/c1-4-6-16-10-7-11(18-9(3)17-10)19(5-2)8-12(13,14)15/h7H,4-6,8H2,1-3H3,(H,16,17,18). The second-order valence-corrected chi connectivity index (χ2v) is 4.21. The number of hydrogen-bond acceptors (Lipinski definition) is 4. The smallest absolute Gasteiger partial charge is 0.370 e. The van der Waals surface area contributed by atoms with Crippen LogP contribution in [0.5, 0.6) is 0 Å². The SMILES string of the molecule is CCCNc1cc(N(CC)CC(F)(F)F)nc(C)n1. The zero-order valence-corrected chi connectivity index (χ0v) is 11.4. The van der Waals surface area contributed by atoms with Crippen LogP contribution in [-0.4, -0.2) is 35.8 Å². The minimum absolute atomic E-state index is 0.239. The molecule has 1 N–H and O–H groups in total. The third-order valence-electron chi connectivity index (χ3n) is 2.46. The van der Waals surface area contributed by atoms with Crippen molar-refractivity contribution in [2.75, 3.05) is 29.9 Å². The summed E-state index contributed by atoms with van der Waals surface area (Å²) in [5.74, 6) is 1.31. The summed E-state index contributed by atoms with van der Waals surface area (Å²) in [5, 5.41) is 3.06. The molecule has 1 aromatic heterocycles. The van der Waals surface area contributed by atoms with Crippen LogP contribution in [0.15, 0.2) is 6.07 Å². The van der Waals surface area contributed by atoms with Crippen molar-refractivity contribution in [3.05, 3.63) is 11.9 Å². The van der Waals surface area contributed by atoms with Gasteiger partial charge in [-0.3, -0.25) is 0 Å². The van der Waals surface area contributed by atoms with Crippen LogP contribution in [0.2, 0.25) is 0 Å². The predicted molar refractivity (Wildman–Crippen MR) is 69.5 cm³/mol. The third-order valence-corrected chi connectivity index (χ3v) is 2.46. The summed E-state index contributed by atoms with van der Waals surface area (Å²) in [6.07, 6.45) is -3.33. The van der Waals surface area contributed by atoms with E-state index >= 15 is 0 Å². The van der Waals surface area contributed by atoms with Crippen LogP contribution in [0.4, 0.5) is 24.8 Å². The van der Waals surface area contributed by atoms with Gasteiger partial charge >= 0.3 is 6.18 Å². The second kappa shape index (κ2) is 6.58. The molecule has 0 amide bonds. The molecule has 0 saturated carbocycles. The maximum atomic E-state index is 12.5. The van der Waals surface area contributed by atoms with Crippen LogP contribution in [0.3, 0.4) is 0 Å². The van der Waals surface area contributed by atoms with Crippen molar-refractivity contribution >= 4 is 11.6 Å². The molecule has 0 saturated heterocycles. The quantitative estimate of drug-likeness (QED) is 0.867. The van der Waals surface area contributed by atoms with Crippen LogP contribution >= 0.6 is 0 Å². The van der Waals surface area contributed by atoms with Gasteiger partial charge in [0.1, 0.15) is 24.0 Å². The fraction of sp³-hybridized carbons (Fsp3) is 0.667. The lowest BCUT2D eigenvalue weighted by Gasteiger charge is -2.24. The summed E-state index contributed by atoms with van der Waals surface area (Å²) in [5.41, 5.74) is 0. The fourth-order valence-corrected chi connectivity index (χ4v) is 1.63. The number of anilines is 2. The van der Waals surface area contributed by atoms with Gasteiger partial charge in [-0.1, -0.05) is 6.92 Å². The normalized spacial score (nSPS) is 11.5. The third kappa shape index (κ3) is 5.32. The van der Waals surface area contributed by atoms with Crippen LogP contribution in [0, 0.1) is 6.92 Å². The Morgan fingerprint density at radius 1 is 1.26 bits per heavy atom. The zero-order chi connectivity index (χ0) is 14.5. The number of alkyl halides is 3. The first kappa shape index (κ1) is 15.5. The zero-order valence-electron chi connectivity index (χ0n) is 11.4. The van der Waals surface area contributed by atoms with Crippen molar-refractivity contribution in [2.24, 2.45) is 0 Å². The van der Waals surface area contributed by atoms with E-state index in [1.807, 2.05) is 6.92 Å². The van der Waals surface area contributed by atoms with Crippen molar-refractivity contribution in [2.45, 2.75) is 33.4 Å². The Morgan fingerprint density at radius 2 is 1.95 bits per heavy atom. The van der Waals surface area contributed by atoms with E-state index in [4.69, 9.17) is 0 Å². The average Bonchev–Trinajstić information content (AvgIpc) is 2.31. The van der Waals surface area contributed by atoms with Crippen LogP contribution in [0.1, 0.15) is 26.1 Å². The first-order valence-corrected chi connectivity index (χ1v) is 6.27. The Labute approximate surface area is 111 Å². The molecule has 0 fully saturated rings. The molecule has 0 aliphatic heterocycles. The van der Waals surface area contributed by atoms with Gasteiger partial charge in [0, 0.05) is 19.2 Å². The van der Waals surface area contributed by atoms with Gasteiger partial charge in [0.15, 0.2) is 0 Å². The molecule has 0 bridgehead atoms. The summed E-state index contributed by atoms with van der Waals surface area (Å²) in [7, 11) is 0. The van der Waals surface area contributed by atoms with E-state index in [2.05, 4.69) is 15.3 Å². The molecule has 1 heterocycles. The highest BCUT2D eigenvalue weighted by Gasteiger charge is 2.31. The number of aryl methyl sites for hydroxylation is 1. The van der Waals surface area contributed by atoms with Gasteiger partial charge in [-0.05, 0) is 20.3 Å². The summed E-state index contributed by atoms with van der Waals surface area (Å²) in [6, 6.07) is 1.55. The Hall–Kier alpha value is -1.53. The molecule has 0 radical (unpaired) electrons. The number of nitrogens with one attached hydrogen (secondary N) is 1. The fourth-order valence-electron chi connectivity index (χ4n) is 1.63. The first-order valence-electron chi connectivity index (χ1n) is 6.27. The van der Waals surface area contributed by atoms with E-state index in [0.29, 0.717) is 17.5 Å². The molecule has 0 unspecified atom stereocenters. The van der Waals surface area contributed by atoms with Crippen molar-refractivity contribution in [1.29, 1.82) is 0 Å². The molecular weight excluding hydrogens is 257 g/mol. The molecule has 0 aliphatic carbocycles. The van der Waals surface area contributed by atoms with E-state index in [1.165, 1.54) is 4.90 Å². The number of halogens is 3. The minimum Gasteiger partial charge on any atom is -0.370 e. The summed E-state index contributed by atoms with van der Waals surface area (Å²) >= 11 is 0. The van der Waals surface area contributed by atoms with Gasteiger partial charge in [-0.15, -0.1) is 0 Å². The van der Waals surface area contributed by atoms with E-state index in [0.717, 1.165) is 13.0 Å². The molecule has 108 valence electrons. The molecule has 1 rings (SSSR count). The lowest BCUT2D eigenvalue weighted by Crippen LogP contribution is -2.34. The minimum atomic E-state index is -4.24. The van der Waals surface area contributed by atoms with E-state index < -0.39 is 12.7 Å². The van der Waals surface area contributed by atoms with Gasteiger partial charge in [-0.25, -0.2) is 9.97 Å². The first-order chi connectivity index (χ1) is 8.85. The van der Waals surface area contributed by atoms with Gasteiger partial charge < -0.3 is 10.2 Å². The largest absolute Gasteiger partial charge is 0.405 e. The molecule has 0 aromatic carbocycles. The lowest BCUT2D eigenvalue weighted by molar-refractivity contribution is -0.119. The Kier molecular flexibility index (Phi) is 5.38. The van der Waals surface area contributed by atoms with Crippen molar-refractivity contribution in [1.82, 2.24) is 9.97 Å². The lowest BCUT2D eigenvalue weighted by atomic mass is 10.4. The van der Waals surface area contributed by atoms with Gasteiger partial charge in [0.2, 0.25) is 0 Å². The topological polar surface area (TPSA) is 41.0 Å². The molecule has 19 heavy (non-hydrogen) atoms. The highest BCUT2D eigenvalue weighted by Crippen LogP contribution is 2.22. The van der Waals surface area contributed by atoms with Gasteiger partial charge in [0.05, 0.1) is 0 Å². The van der Waals surface area contributed by atoms with Crippen LogP contribution in [-0.2, 0) is 0 Å². The highest BCUT2D eigenvalue weighted by molar-refractivity contribution is 5.49. The van der Waals surface area contributed by atoms with Crippen molar-refractivity contribution < 1.29 is 13.2 Å². The molecule has 0 spiro atoms. The predicted octanol–water partition coefficient (Wildman–Crippen LogP) is 3.00. The number of nitrogens with zero attached hydrogens (tertiary/aromatic N) is 3. The summed E-state index contributed by atoms with van der Waals surface area (Å²) < 4.78 is 37.4. The Balaban J connectivity index is 2.93. The van der Waals surface area contributed by atoms with Gasteiger partial charge in [0.25, 0.3) is 0 Å². The van der Waals surface area contributed by atoms with Gasteiger partial charge in [-0.2, -0.15) is 13.2 Å². The van der Waals surface area contributed by atoms with Crippen LogP contribution in [0.25, 0.3) is 0 Å². The van der Waals surface area contributed by atoms with Crippen LogP contribution < -0.4 is 10.2 Å². The molecule has 4 nitrogen and oxygen atoms in total. The van der Waals surface area contributed by atoms with E-state index in [-0.39, 0.29) is 6.54 Å². The maximum Gasteiger partial charge on any atom is 0.405 e. The van der Waals surface area contributed by atoms with Crippen molar-refractivity contribution in [3.8, 4) is 0 Å². The van der Waals surface area contributed by atoms with E-state index in [9.17, 15) is 13.2 Å². The monoisotopic (exact) mass is 276 g/mol. The number of aromatic nitrogens is 2. The molecule has 1 aromatic rings. The molecule has 7 heteroatoms. The molecular formula is C12H19F3N4. The summed E-state index contributed by atoms with van der Waals surface area (Å²) in [6.45, 7) is 5.30. The maximum absolute atomic E-state index is 12.5. The number of rotatable bonds is 6. The molecule has 0 aliphatic rings. The Bertz CT molecular complexity index is 406. The van der Waals surface area contributed by atoms with Crippen molar-refractivity contribution in [3.63, 3.8) is 0 Å². The molecule has 0 atom stereocenters. The number of hydrogen-bond donors (Lipinski definition) is 1. The Morgan fingerprint density at radius 3 is 2.47 bits per heavy atom. The highest BCUT2D eigenvalue weighted by atomic mass is 19.4. The van der Waals surface area contributed by atoms with E-state index in [1.54, 1.807) is 19.9 Å². The summed E-state index contributed by atoms with van der Waals surface area (Å²) in [4.78, 5) is 9.41.